The molecule has 1 N–H and O–H groups in total. The normalized spacial score (nSPS) is 18.7. The summed E-state index contributed by atoms with van der Waals surface area (Å²) in [6.45, 7) is 7.49. The molecule has 0 aromatic heterocycles. The number of hydrogen-bond acceptors (Lipinski definition) is 2. The molecule has 1 atom stereocenters. The van der Waals surface area contributed by atoms with Gasteiger partial charge in [0, 0.05) is 6.54 Å². The largest absolute Gasteiger partial charge is 0.404 e. The summed E-state index contributed by atoms with van der Waals surface area (Å²) in [5.74, 6) is 0.0918. The molecular formula is C21H27NO2Si. The molecule has 3 nitrogen and oxygen atoms in total. The van der Waals surface area contributed by atoms with Crippen molar-refractivity contribution in [3.05, 3.63) is 60.7 Å². The first kappa shape index (κ1) is 17.9. The third kappa shape index (κ3) is 3.55. The van der Waals surface area contributed by atoms with Gasteiger partial charge >= 0.3 is 0 Å². The van der Waals surface area contributed by atoms with E-state index >= 15 is 0 Å². The van der Waals surface area contributed by atoms with Crippen LogP contribution in [0.1, 0.15) is 33.6 Å². The first-order valence-corrected chi connectivity index (χ1v) is 10.9. The van der Waals surface area contributed by atoms with Crippen molar-refractivity contribution in [2.45, 2.75) is 44.8 Å². The molecule has 1 heterocycles. The Bertz CT molecular complexity index is 670. The number of hydrogen-bond donors (Lipinski definition) is 1. The van der Waals surface area contributed by atoms with Crippen molar-refractivity contribution in [2.24, 2.45) is 0 Å². The molecule has 2 aromatic rings. The Hall–Kier alpha value is -1.91. The van der Waals surface area contributed by atoms with Gasteiger partial charge in [-0.25, -0.2) is 0 Å². The van der Waals surface area contributed by atoms with Gasteiger partial charge in [-0.1, -0.05) is 81.4 Å². The van der Waals surface area contributed by atoms with E-state index in [0.717, 1.165) is 6.42 Å². The van der Waals surface area contributed by atoms with Gasteiger partial charge in [0.05, 0.1) is 12.5 Å². The van der Waals surface area contributed by atoms with E-state index in [-0.39, 0.29) is 17.0 Å². The van der Waals surface area contributed by atoms with Crippen molar-refractivity contribution >= 4 is 24.6 Å². The second kappa shape index (κ2) is 7.14. The minimum Gasteiger partial charge on any atom is -0.404 e. The first-order chi connectivity index (χ1) is 11.9. The molecule has 25 heavy (non-hydrogen) atoms. The summed E-state index contributed by atoms with van der Waals surface area (Å²) in [4.78, 5) is 11.9. The number of carbonyl (C=O) groups is 1. The molecule has 0 spiro atoms. The molecule has 4 heteroatoms. The first-order valence-electron chi connectivity index (χ1n) is 8.99. The molecule has 0 radical (unpaired) electrons. The van der Waals surface area contributed by atoms with Crippen LogP contribution in [0.4, 0.5) is 0 Å². The number of rotatable bonds is 4. The molecule has 0 bridgehead atoms. The Balaban J connectivity index is 2.13. The van der Waals surface area contributed by atoms with Crippen LogP contribution in [-0.4, -0.2) is 26.9 Å². The Morgan fingerprint density at radius 1 is 0.960 bits per heavy atom. The van der Waals surface area contributed by atoms with E-state index in [2.05, 4.69) is 74.6 Å². The van der Waals surface area contributed by atoms with Gasteiger partial charge in [0.25, 0.3) is 8.32 Å². The number of nitrogens with one attached hydrogen (secondary N) is 1. The Morgan fingerprint density at radius 2 is 1.48 bits per heavy atom. The van der Waals surface area contributed by atoms with Gasteiger partial charge in [-0.3, -0.25) is 4.79 Å². The maximum atomic E-state index is 11.9. The molecule has 1 amide bonds. The highest BCUT2D eigenvalue weighted by molar-refractivity contribution is 6.99. The lowest BCUT2D eigenvalue weighted by atomic mass is 10.1. The zero-order chi connectivity index (χ0) is 17.9. The molecule has 1 aliphatic rings. The maximum Gasteiger partial charge on any atom is 0.261 e. The van der Waals surface area contributed by atoms with Crippen molar-refractivity contribution in [3.63, 3.8) is 0 Å². The quantitative estimate of drug-likeness (QED) is 0.859. The van der Waals surface area contributed by atoms with Gasteiger partial charge in [-0.2, -0.15) is 0 Å². The van der Waals surface area contributed by atoms with Crippen molar-refractivity contribution in [3.8, 4) is 0 Å². The summed E-state index contributed by atoms with van der Waals surface area (Å²) in [5.41, 5.74) is 0. The summed E-state index contributed by atoms with van der Waals surface area (Å²) in [6.07, 6.45) is 1.29. The Morgan fingerprint density at radius 3 is 1.92 bits per heavy atom. The van der Waals surface area contributed by atoms with Gasteiger partial charge in [0.1, 0.15) is 0 Å². The fraction of sp³-hybridized carbons (Fsp3) is 0.381. The summed E-state index contributed by atoms with van der Waals surface area (Å²) >= 11 is 0. The average molecular weight is 354 g/mol. The second-order valence-electron chi connectivity index (χ2n) is 7.75. The Kier molecular flexibility index (Phi) is 5.11. The minimum atomic E-state index is -2.55. The summed E-state index contributed by atoms with van der Waals surface area (Å²) < 4.78 is 6.96. The van der Waals surface area contributed by atoms with Gasteiger partial charge in [0.2, 0.25) is 5.91 Å². The van der Waals surface area contributed by atoms with E-state index in [1.54, 1.807) is 0 Å². The van der Waals surface area contributed by atoms with E-state index in [1.165, 1.54) is 10.4 Å². The van der Waals surface area contributed by atoms with Crippen LogP contribution < -0.4 is 15.7 Å². The summed E-state index contributed by atoms with van der Waals surface area (Å²) in [6, 6.07) is 21.2. The lowest BCUT2D eigenvalue weighted by molar-refractivity contribution is -0.124. The van der Waals surface area contributed by atoms with E-state index in [4.69, 9.17) is 4.43 Å². The minimum absolute atomic E-state index is 0.0277. The SMILES string of the molecule is CC(C)(C)[Si](O[C@@H]1CCNC(=O)C1)(c1ccccc1)c1ccccc1. The van der Waals surface area contributed by atoms with Crippen LogP contribution in [0.15, 0.2) is 60.7 Å². The van der Waals surface area contributed by atoms with Crippen LogP contribution in [0, 0.1) is 0 Å². The number of amides is 1. The monoisotopic (exact) mass is 353 g/mol. The molecule has 2 aromatic carbocycles. The molecule has 0 saturated carbocycles. The maximum absolute atomic E-state index is 11.9. The van der Waals surface area contributed by atoms with Crippen LogP contribution >= 0.6 is 0 Å². The molecule has 1 aliphatic heterocycles. The molecule has 1 fully saturated rings. The van der Waals surface area contributed by atoms with E-state index < -0.39 is 8.32 Å². The third-order valence-electron chi connectivity index (χ3n) is 4.96. The topological polar surface area (TPSA) is 38.3 Å². The van der Waals surface area contributed by atoms with Crippen molar-refractivity contribution in [1.82, 2.24) is 5.32 Å². The molecule has 0 aliphatic carbocycles. The highest BCUT2D eigenvalue weighted by atomic mass is 28.4. The van der Waals surface area contributed by atoms with E-state index in [0.29, 0.717) is 13.0 Å². The molecular weight excluding hydrogens is 326 g/mol. The highest BCUT2D eigenvalue weighted by Crippen LogP contribution is 2.38. The van der Waals surface area contributed by atoms with E-state index in [9.17, 15) is 4.79 Å². The predicted octanol–water partition coefficient (Wildman–Crippen LogP) is 2.84. The zero-order valence-corrected chi connectivity index (χ0v) is 16.3. The average Bonchev–Trinajstić information content (AvgIpc) is 2.60. The van der Waals surface area contributed by atoms with Gasteiger partial charge in [0.15, 0.2) is 0 Å². The van der Waals surface area contributed by atoms with Crippen molar-refractivity contribution in [1.29, 1.82) is 0 Å². The van der Waals surface area contributed by atoms with Crippen LogP contribution in [0.2, 0.25) is 5.04 Å². The summed E-state index contributed by atoms with van der Waals surface area (Å²) in [5, 5.41) is 5.39. The van der Waals surface area contributed by atoms with Crippen LogP contribution in [0.5, 0.6) is 0 Å². The van der Waals surface area contributed by atoms with Crippen LogP contribution in [0.3, 0.4) is 0 Å². The van der Waals surface area contributed by atoms with Gasteiger partial charge in [-0.05, 0) is 21.8 Å². The lowest BCUT2D eigenvalue weighted by Gasteiger charge is -2.45. The number of piperidine rings is 1. The third-order valence-corrected chi connectivity index (χ3v) is 10.1. The van der Waals surface area contributed by atoms with E-state index in [1.807, 2.05) is 12.1 Å². The fourth-order valence-electron chi connectivity index (χ4n) is 3.80. The Labute approximate surface area is 151 Å². The van der Waals surface area contributed by atoms with Gasteiger partial charge < -0.3 is 9.74 Å². The molecule has 3 rings (SSSR count). The van der Waals surface area contributed by atoms with Crippen LogP contribution in [-0.2, 0) is 9.22 Å². The molecule has 1 saturated heterocycles. The van der Waals surface area contributed by atoms with Crippen molar-refractivity contribution in [2.75, 3.05) is 6.54 Å². The number of benzene rings is 2. The summed E-state index contributed by atoms with van der Waals surface area (Å²) in [7, 11) is -2.55. The molecule has 132 valence electrons. The second-order valence-corrected chi connectivity index (χ2v) is 12.0. The predicted molar refractivity (Wildman–Crippen MR) is 105 cm³/mol. The highest BCUT2D eigenvalue weighted by Gasteiger charge is 2.51. The van der Waals surface area contributed by atoms with Crippen LogP contribution in [0.25, 0.3) is 0 Å². The van der Waals surface area contributed by atoms with Crippen molar-refractivity contribution < 1.29 is 9.22 Å². The van der Waals surface area contributed by atoms with Gasteiger partial charge in [-0.15, -0.1) is 0 Å². The number of carbonyl (C=O) groups excluding carboxylic acids is 1. The standard InChI is InChI=1S/C21H27NO2Si/c1-21(2,3)25(18-10-6-4-7-11-18,19-12-8-5-9-13-19)24-17-14-15-22-20(23)16-17/h4-13,17H,14-16H2,1-3H3,(H,22,23)/t17-/m1/s1. The fourth-order valence-corrected chi connectivity index (χ4v) is 8.51. The lowest BCUT2D eigenvalue weighted by Crippen LogP contribution is -2.68. The zero-order valence-electron chi connectivity index (χ0n) is 15.3. The molecule has 0 unspecified atom stereocenters. The smallest absolute Gasteiger partial charge is 0.261 e.